The number of hydrogen-bond donors (Lipinski definition) is 0. The van der Waals surface area contributed by atoms with E-state index in [0.29, 0.717) is 35.2 Å². The average molecular weight is 345 g/mol. The highest BCUT2D eigenvalue weighted by atomic mass is 35.5. The van der Waals surface area contributed by atoms with Crippen LogP contribution >= 0.6 is 11.6 Å². The van der Waals surface area contributed by atoms with Crippen molar-refractivity contribution in [2.45, 2.75) is 0 Å². The smallest absolute Gasteiger partial charge is 0.260 e. The van der Waals surface area contributed by atoms with Gasteiger partial charge in [0, 0.05) is 7.05 Å². The van der Waals surface area contributed by atoms with Crippen LogP contribution in [0.2, 0.25) is 5.02 Å². The van der Waals surface area contributed by atoms with Gasteiger partial charge in [0.15, 0.2) is 6.61 Å². The Bertz CT molecular complexity index is 726. The minimum Gasteiger partial charge on any atom is -0.490 e. The number of halogens is 1. The van der Waals surface area contributed by atoms with E-state index in [9.17, 15) is 4.79 Å². The molecule has 6 heteroatoms. The molecule has 1 amide bonds. The van der Waals surface area contributed by atoms with E-state index >= 15 is 0 Å². The van der Waals surface area contributed by atoms with Crippen LogP contribution in [-0.4, -0.2) is 37.6 Å². The van der Waals surface area contributed by atoms with E-state index in [1.165, 1.54) is 4.90 Å². The summed E-state index contributed by atoms with van der Waals surface area (Å²) in [5.74, 6) is 0.971. The van der Waals surface area contributed by atoms with Crippen LogP contribution in [0.15, 0.2) is 48.5 Å². The summed E-state index contributed by atoms with van der Waals surface area (Å²) in [5, 5.41) is 9.27. The maximum absolute atomic E-state index is 12.0. The van der Waals surface area contributed by atoms with Gasteiger partial charge in [0.05, 0.1) is 23.2 Å². The van der Waals surface area contributed by atoms with Gasteiger partial charge in [-0.15, -0.1) is 0 Å². The highest BCUT2D eigenvalue weighted by Crippen LogP contribution is 2.22. The number of likely N-dealkylation sites (N-methyl/N-ethyl adjacent to an activating group) is 1. The van der Waals surface area contributed by atoms with Crippen LogP contribution in [0.5, 0.6) is 11.5 Å². The number of amides is 1. The number of carbonyl (C=O) groups excluding carboxylic acids is 1. The lowest BCUT2D eigenvalue weighted by molar-refractivity contribution is -0.132. The fourth-order valence-electron chi connectivity index (χ4n) is 1.86. The SMILES string of the molecule is CN(CCOc1ccccc1Cl)C(=O)COc1ccc(C#N)cc1. The second-order valence-corrected chi connectivity index (χ2v) is 5.43. The molecular formula is C18H17ClN2O3. The predicted molar refractivity (Wildman–Crippen MR) is 91.2 cm³/mol. The predicted octanol–water partition coefficient (Wildman–Crippen LogP) is 3.13. The van der Waals surface area contributed by atoms with Crippen molar-refractivity contribution in [3.05, 3.63) is 59.1 Å². The second kappa shape index (κ2) is 8.80. The highest BCUT2D eigenvalue weighted by molar-refractivity contribution is 6.32. The van der Waals surface area contributed by atoms with E-state index in [-0.39, 0.29) is 12.5 Å². The third kappa shape index (κ3) is 5.18. The summed E-state index contributed by atoms with van der Waals surface area (Å²) in [7, 11) is 1.68. The first-order valence-electron chi connectivity index (χ1n) is 7.34. The zero-order valence-corrected chi connectivity index (χ0v) is 14.0. The van der Waals surface area contributed by atoms with Crippen LogP contribution in [0.1, 0.15) is 5.56 Å². The Morgan fingerprint density at radius 2 is 1.88 bits per heavy atom. The number of carbonyl (C=O) groups is 1. The van der Waals surface area contributed by atoms with Gasteiger partial charge in [-0.2, -0.15) is 5.26 Å². The molecule has 0 radical (unpaired) electrons. The molecule has 0 aliphatic rings. The summed E-state index contributed by atoms with van der Waals surface area (Å²) in [4.78, 5) is 13.5. The lowest BCUT2D eigenvalue weighted by Gasteiger charge is -2.18. The van der Waals surface area contributed by atoms with E-state index in [1.807, 2.05) is 18.2 Å². The average Bonchev–Trinajstić information content (AvgIpc) is 2.61. The molecule has 2 aromatic rings. The van der Waals surface area contributed by atoms with Crippen molar-refractivity contribution in [1.29, 1.82) is 5.26 Å². The van der Waals surface area contributed by atoms with Crippen molar-refractivity contribution in [2.24, 2.45) is 0 Å². The Morgan fingerprint density at radius 1 is 1.17 bits per heavy atom. The molecule has 0 bridgehead atoms. The van der Waals surface area contributed by atoms with Gasteiger partial charge in [-0.25, -0.2) is 0 Å². The molecule has 0 spiro atoms. The highest BCUT2D eigenvalue weighted by Gasteiger charge is 2.10. The number of nitrogens with zero attached hydrogens (tertiary/aromatic N) is 2. The van der Waals surface area contributed by atoms with Crippen molar-refractivity contribution in [3.8, 4) is 17.6 Å². The topological polar surface area (TPSA) is 62.6 Å². The summed E-state index contributed by atoms with van der Waals surface area (Å²) in [6.45, 7) is 0.679. The summed E-state index contributed by atoms with van der Waals surface area (Å²) < 4.78 is 11.0. The van der Waals surface area contributed by atoms with Crippen molar-refractivity contribution < 1.29 is 14.3 Å². The zero-order chi connectivity index (χ0) is 17.4. The normalized spacial score (nSPS) is 9.88. The Labute approximate surface area is 146 Å². The van der Waals surface area contributed by atoms with Crippen molar-refractivity contribution >= 4 is 17.5 Å². The van der Waals surface area contributed by atoms with E-state index in [1.54, 1.807) is 43.4 Å². The Morgan fingerprint density at radius 3 is 2.54 bits per heavy atom. The molecular weight excluding hydrogens is 328 g/mol. The lowest BCUT2D eigenvalue weighted by atomic mass is 10.2. The Hall–Kier alpha value is -2.71. The maximum atomic E-state index is 12.0. The van der Waals surface area contributed by atoms with Crippen LogP contribution in [0.25, 0.3) is 0 Å². The molecule has 0 aromatic heterocycles. The molecule has 0 N–H and O–H groups in total. The number of hydrogen-bond acceptors (Lipinski definition) is 4. The molecule has 2 aromatic carbocycles. The minimum absolute atomic E-state index is 0.0749. The van der Waals surface area contributed by atoms with E-state index in [0.717, 1.165) is 0 Å². The summed E-state index contributed by atoms with van der Waals surface area (Å²) >= 11 is 6.00. The van der Waals surface area contributed by atoms with E-state index < -0.39 is 0 Å². The molecule has 2 rings (SSSR count). The third-order valence-electron chi connectivity index (χ3n) is 3.29. The van der Waals surface area contributed by atoms with Crippen LogP contribution in [0.4, 0.5) is 0 Å². The van der Waals surface area contributed by atoms with Gasteiger partial charge in [0.25, 0.3) is 5.91 Å². The third-order valence-corrected chi connectivity index (χ3v) is 3.60. The van der Waals surface area contributed by atoms with Crippen LogP contribution in [0.3, 0.4) is 0 Å². The fraction of sp³-hybridized carbons (Fsp3) is 0.222. The van der Waals surface area contributed by atoms with E-state index in [2.05, 4.69) is 0 Å². The van der Waals surface area contributed by atoms with Crippen molar-refractivity contribution in [3.63, 3.8) is 0 Å². The van der Waals surface area contributed by atoms with Crippen molar-refractivity contribution in [2.75, 3.05) is 26.8 Å². The Kier molecular flexibility index (Phi) is 6.47. The monoisotopic (exact) mass is 344 g/mol. The number of para-hydroxylation sites is 1. The van der Waals surface area contributed by atoms with Gasteiger partial charge >= 0.3 is 0 Å². The Balaban J connectivity index is 1.73. The molecule has 0 aliphatic carbocycles. The molecule has 0 heterocycles. The number of ether oxygens (including phenoxy) is 2. The number of rotatable bonds is 7. The first-order chi connectivity index (χ1) is 11.6. The van der Waals surface area contributed by atoms with Crippen LogP contribution < -0.4 is 9.47 Å². The molecule has 124 valence electrons. The lowest BCUT2D eigenvalue weighted by Crippen LogP contribution is -2.34. The summed E-state index contributed by atoms with van der Waals surface area (Å²) in [6.07, 6.45) is 0. The molecule has 0 fully saturated rings. The minimum atomic E-state index is -0.165. The van der Waals surface area contributed by atoms with E-state index in [4.69, 9.17) is 26.3 Å². The zero-order valence-electron chi connectivity index (χ0n) is 13.2. The quantitative estimate of drug-likeness (QED) is 0.774. The molecule has 0 aliphatic heterocycles. The standard InChI is InChI=1S/C18H17ClN2O3/c1-21(10-11-23-17-5-3-2-4-16(17)19)18(22)13-24-15-8-6-14(12-20)7-9-15/h2-9H,10-11,13H2,1H3. The molecule has 0 saturated heterocycles. The molecule has 5 nitrogen and oxygen atoms in total. The van der Waals surface area contributed by atoms with Crippen LogP contribution in [-0.2, 0) is 4.79 Å². The van der Waals surface area contributed by atoms with Gasteiger partial charge in [-0.05, 0) is 36.4 Å². The van der Waals surface area contributed by atoms with Gasteiger partial charge < -0.3 is 14.4 Å². The first-order valence-corrected chi connectivity index (χ1v) is 7.72. The largest absolute Gasteiger partial charge is 0.490 e. The van der Waals surface area contributed by atoms with Gasteiger partial charge in [-0.1, -0.05) is 23.7 Å². The fourth-order valence-corrected chi connectivity index (χ4v) is 2.05. The van der Waals surface area contributed by atoms with Gasteiger partial charge in [0.1, 0.15) is 18.1 Å². The first kappa shape index (κ1) is 17.6. The molecule has 0 atom stereocenters. The molecule has 0 saturated carbocycles. The van der Waals surface area contributed by atoms with Crippen LogP contribution in [0, 0.1) is 11.3 Å². The maximum Gasteiger partial charge on any atom is 0.260 e. The molecule has 24 heavy (non-hydrogen) atoms. The number of nitriles is 1. The van der Waals surface area contributed by atoms with Gasteiger partial charge in [-0.3, -0.25) is 4.79 Å². The second-order valence-electron chi connectivity index (χ2n) is 5.02. The molecule has 0 unspecified atom stereocenters. The van der Waals surface area contributed by atoms with Crippen molar-refractivity contribution in [1.82, 2.24) is 4.90 Å². The summed E-state index contributed by atoms with van der Waals surface area (Å²) in [5.41, 5.74) is 0.544. The van der Waals surface area contributed by atoms with Gasteiger partial charge in [0.2, 0.25) is 0 Å². The summed E-state index contributed by atoms with van der Waals surface area (Å²) in [6, 6.07) is 15.8. The number of benzene rings is 2.